The van der Waals surface area contributed by atoms with Crippen LogP contribution in [0.3, 0.4) is 0 Å². The van der Waals surface area contributed by atoms with E-state index in [0.717, 1.165) is 47.4 Å². The SMILES string of the molecule is CCN1C(=CC=CC=Cc2oc3ccc(Cl)cc3[n+]2CC)Oc2ccc(Cl)cc21.[I-]. The molecule has 4 nitrogen and oxygen atoms in total. The van der Waals surface area contributed by atoms with E-state index in [-0.39, 0.29) is 24.0 Å². The van der Waals surface area contributed by atoms with Crippen LogP contribution < -0.4 is 38.2 Å². The van der Waals surface area contributed by atoms with Gasteiger partial charge in [-0.05, 0) is 50.3 Å². The zero-order chi connectivity index (χ0) is 20.4. The summed E-state index contributed by atoms with van der Waals surface area (Å²) in [5.41, 5.74) is 2.79. The molecule has 0 N–H and O–H groups in total. The van der Waals surface area contributed by atoms with E-state index >= 15 is 0 Å². The third kappa shape index (κ3) is 4.53. The van der Waals surface area contributed by atoms with Crippen molar-refractivity contribution >= 4 is 46.1 Å². The van der Waals surface area contributed by atoms with Gasteiger partial charge >= 0.3 is 5.89 Å². The maximum absolute atomic E-state index is 6.12. The van der Waals surface area contributed by atoms with Crippen molar-refractivity contribution < 1.29 is 37.7 Å². The Labute approximate surface area is 203 Å². The van der Waals surface area contributed by atoms with Crippen LogP contribution in [0.4, 0.5) is 5.69 Å². The topological polar surface area (TPSA) is 29.5 Å². The largest absolute Gasteiger partial charge is 1.00 e. The van der Waals surface area contributed by atoms with Crippen molar-refractivity contribution in [3.8, 4) is 5.75 Å². The molecular formula is C23H21Cl2IN2O2. The number of anilines is 1. The number of hydrogen-bond donors (Lipinski definition) is 0. The molecule has 0 unspecified atom stereocenters. The summed E-state index contributed by atoms with van der Waals surface area (Å²) in [6.45, 7) is 5.74. The lowest BCUT2D eigenvalue weighted by molar-refractivity contribution is -0.674. The van der Waals surface area contributed by atoms with E-state index in [2.05, 4.69) is 23.3 Å². The maximum Gasteiger partial charge on any atom is 0.374 e. The Balaban J connectivity index is 0.00000256. The van der Waals surface area contributed by atoms with E-state index in [1.54, 1.807) is 0 Å². The predicted octanol–water partition coefficient (Wildman–Crippen LogP) is 3.38. The van der Waals surface area contributed by atoms with Crippen LogP contribution in [-0.2, 0) is 6.54 Å². The second-order valence-electron chi connectivity index (χ2n) is 6.50. The molecule has 1 aliphatic rings. The summed E-state index contributed by atoms with van der Waals surface area (Å²) < 4.78 is 14.0. The molecular weight excluding hydrogens is 534 g/mol. The van der Waals surface area contributed by atoms with Gasteiger partial charge in [-0.15, -0.1) is 0 Å². The third-order valence-electron chi connectivity index (χ3n) is 4.72. The molecule has 0 saturated carbocycles. The number of aryl methyl sites for hydroxylation is 1. The van der Waals surface area contributed by atoms with Gasteiger partial charge in [0.15, 0.2) is 5.75 Å². The summed E-state index contributed by atoms with van der Waals surface area (Å²) in [6.07, 6.45) is 9.71. The highest BCUT2D eigenvalue weighted by Crippen LogP contribution is 2.40. The Morgan fingerprint density at radius 1 is 1.00 bits per heavy atom. The molecule has 7 heteroatoms. The van der Waals surface area contributed by atoms with Crippen molar-refractivity contribution in [3.63, 3.8) is 0 Å². The number of benzene rings is 2. The number of nitrogens with zero attached hydrogens (tertiary/aromatic N) is 2. The molecule has 2 heterocycles. The van der Waals surface area contributed by atoms with E-state index in [9.17, 15) is 0 Å². The van der Waals surface area contributed by atoms with Gasteiger partial charge in [0.2, 0.25) is 11.5 Å². The number of halogens is 3. The van der Waals surface area contributed by atoms with Crippen molar-refractivity contribution in [2.45, 2.75) is 20.4 Å². The van der Waals surface area contributed by atoms with Crippen LogP contribution in [0, 0.1) is 0 Å². The molecule has 0 aliphatic carbocycles. The zero-order valence-electron chi connectivity index (χ0n) is 16.6. The van der Waals surface area contributed by atoms with Crippen molar-refractivity contribution in [3.05, 3.63) is 82.5 Å². The lowest BCUT2D eigenvalue weighted by atomic mass is 10.3. The fourth-order valence-corrected chi connectivity index (χ4v) is 3.72. The average molecular weight is 555 g/mol. The van der Waals surface area contributed by atoms with Gasteiger partial charge in [0, 0.05) is 22.7 Å². The summed E-state index contributed by atoms with van der Waals surface area (Å²) in [5.74, 6) is 2.37. The Bertz CT molecular complexity index is 1150. The summed E-state index contributed by atoms with van der Waals surface area (Å²) in [7, 11) is 0. The molecule has 2 aromatic carbocycles. The predicted molar refractivity (Wildman–Crippen MR) is 118 cm³/mol. The van der Waals surface area contributed by atoms with Gasteiger partial charge in [-0.2, -0.15) is 4.57 Å². The summed E-state index contributed by atoms with van der Waals surface area (Å²) in [4.78, 5) is 2.09. The maximum atomic E-state index is 6.12. The molecule has 0 saturated heterocycles. The zero-order valence-corrected chi connectivity index (χ0v) is 20.3. The third-order valence-corrected chi connectivity index (χ3v) is 5.19. The number of oxazole rings is 1. The van der Waals surface area contributed by atoms with Crippen LogP contribution in [0.25, 0.3) is 17.2 Å². The molecule has 0 spiro atoms. The van der Waals surface area contributed by atoms with Gasteiger partial charge in [-0.3, -0.25) is 0 Å². The van der Waals surface area contributed by atoms with Crippen molar-refractivity contribution in [2.75, 3.05) is 11.4 Å². The van der Waals surface area contributed by atoms with Crippen LogP contribution in [0.5, 0.6) is 5.75 Å². The molecule has 1 aromatic heterocycles. The highest BCUT2D eigenvalue weighted by atomic mass is 127. The van der Waals surface area contributed by atoms with Gasteiger partial charge in [-0.25, -0.2) is 0 Å². The summed E-state index contributed by atoms with van der Waals surface area (Å²) >= 11 is 12.2. The van der Waals surface area contributed by atoms with Crippen LogP contribution >= 0.6 is 23.2 Å². The number of allylic oxidation sites excluding steroid dienone is 4. The van der Waals surface area contributed by atoms with Crippen LogP contribution in [0.15, 0.2) is 71.0 Å². The quantitative estimate of drug-likeness (QED) is 0.275. The second-order valence-corrected chi connectivity index (χ2v) is 7.38. The average Bonchev–Trinajstić information content (AvgIpc) is 3.23. The molecule has 4 rings (SSSR count). The molecule has 3 aromatic rings. The Kier molecular flexibility index (Phi) is 7.50. The Morgan fingerprint density at radius 2 is 1.77 bits per heavy atom. The normalized spacial score (nSPS) is 14.7. The molecule has 0 bridgehead atoms. The van der Waals surface area contributed by atoms with Gasteiger partial charge in [0.25, 0.3) is 5.52 Å². The van der Waals surface area contributed by atoms with E-state index in [1.165, 1.54) is 0 Å². The number of ether oxygens (including phenoxy) is 1. The van der Waals surface area contributed by atoms with E-state index in [4.69, 9.17) is 32.4 Å². The van der Waals surface area contributed by atoms with E-state index in [1.807, 2.05) is 66.8 Å². The molecule has 156 valence electrons. The number of rotatable bonds is 5. The monoisotopic (exact) mass is 554 g/mol. The summed E-state index contributed by atoms with van der Waals surface area (Å²) in [6, 6.07) is 11.3. The first-order chi connectivity index (χ1) is 14.1. The number of fused-ring (bicyclic) bond motifs is 2. The first kappa shape index (κ1) is 22.7. The summed E-state index contributed by atoms with van der Waals surface area (Å²) in [5, 5.41) is 1.39. The highest BCUT2D eigenvalue weighted by Gasteiger charge is 2.24. The van der Waals surface area contributed by atoms with Gasteiger partial charge < -0.3 is 38.0 Å². The minimum atomic E-state index is 0. The van der Waals surface area contributed by atoms with Gasteiger partial charge in [0.1, 0.15) is 6.54 Å². The van der Waals surface area contributed by atoms with E-state index < -0.39 is 0 Å². The number of hydrogen-bond acceptors (Lipinski definition) is 3. The Hall–Kier alpha value is -1.96. The highest BCUT2D eigenvalue weighted by molar-refractivity contribution is 6.31. The van der Waals surface area contributed by atoms with Crippen molar-refractivity contribution in [1.82, 2.24) is 0 Å². The van der Waals surface area contributed by atoms with Crippen LogP contribution in [0.1, 0.15) is 19.7 Å². The Morgan fingerprint density at radius 3 is 2.53 bits per heavy atom. The first-order valence-electron chi connectivity index (χ1n) is 9.52. The molecule has 0 radical (unpaired) electrons. The lowest BCUT2D eigenvalue weighted by Crippen LogP contribution is -3.00. The fourth-order valence-electron chi connectivity index (χ4n) is 3.39. The van der Waals surface area contributed by atoms with Crippen LogP contribution in [-0.4, -0.2) is 6.54 Å². The molecule has 30 heavy (non-hydrogen) atoms. The van der Waals surface area contributed by atoms with Gasteiger partial charge in [-0.1, -0.05) is 41.4 Å². The number of aromatic nitrogens is 1. The molecule has 0 fully saturated rings. The molecule has 0 atom stereocenters. The molecule has 1 aliphatic heterocycles. The fraction of sp³-hybridized carbons (Fsp3) is 0.174. The van der Waals surface area contributed by atoms with E-state index in [0.29, 0.717) is 10.0 Å². The molecule has 0 amide bonds. The van der Waals surface area contributed by atoms with Crippen molar-refractivity contribution in [2.24, 2.45) is 0 Å². The minimum Gasteiger partial charge on any atom is -1.00 e. The van der Waals surface area contributed by atoms with Crippen LogP contribution in [0.2, 0.25) is 10.0 Å². The standard InChI is InChI=1S/C23H21Cl2N2O2.HI/c1-3-26-18-14-16(24)10-12-20(18)28-22(26)8-6-5-7-9-23-27(4-2)19-15-17(25)11-13-21(19)29-23;/h5-15H,3-4H2,1-2H3;1H/q+1;/p-1. The lowest BCUT2D eigenvalue weighted by Gasteiger charge is -2.15. The van der Waals surface area contributed by atoms with Crippen molar-refractivity contribution in [1.29, 1.82) is 0 Å². The first-order valence-corrected chi connectivity index (χ1v) is 10.3. The van der Waals surface area contributed by atoms with Gasteiger partial charge in [0.05, 0.1) is 11.8 Å². The minimum absolute atomic E-state index is 0. The smallest absolute Gasteiger partial charge is 0.374 e. The second kappa shape index (κ2) is 9.90.